The lowest BCUT2D eigenvalue weighted by Gasteiger charge is -2.12. The molecule has 126 valence electrons. The Bertz CT molecular complexity index is 935. The predicted octanol–water partition coefficient (Wildman–Crippen LogP) is 3.09. The van der Waals surface area contributed by atoms with Gasteiger partial charge in [0.2, 0.25) is 0 Å². The lowest BCUT2D eigenvalue weighted by Crippen LogP contribution is -2.04. The topological polar surface area (TPSA) is 76.5 Å². The van der Waals surface area contributed by atoms with E-state index in [1.165, 1.54) is 6.33 Å². The van der Waals surface area contributed by atoms with Crippen molar-refractivity contribution in [1.29, 1.82) is 0 Å². The summed E-state index contributed by atoms with van der Waals surface area (Å²) in [7, 11) is 1.59. The summed E-state index contributed by atoms with van der Waals surface area (Å²) in [5, 5.41) is 14.1. The van der Waals surface area contributed by atoms with Gasteiger partial charge in [0.1, 0.15) is 18.8 Å². The second kappa shape index (κ2) is 7.51. The van der Waals surface area contributed by atoms with Crippen LogP contribution in [0, 0.1) is 12.3 Å². The van der Waals surface area contributed by atoms with E-state index in [0.717, 1.165) is 11.3 Å². The number of phenols is 1. The molecule has 0 spiro atoms. The van der Waals surface area contributed by atoms with Gasteiger partial charge >= 0.3 is 0 Å². The van der Waals surface area contributed by atoms with Crippen molar-refractivity contribution in [1.82, 2.24) is 9.97 Å². The van der Waals surface area contributed by atoms with E-state index in [1.807, 2.05) is 24.3 Å². The first-order chi connectivity index (χ1) is 12.2. The number of methoxy groups -OCH3 is 1. The summed E-state index contributed by atoms with van der Waals surface area (Å²) in [5.74, 6) is 3.52. The molecule has 3 rings (SSSR count). The van der Waals surface area contributed by atoms with Crippen LogP contribution in [-0.4, -0.2) is 35.4 Å². The number of hydrogen-bond acceptors (Lipinski definition) is 6. The minimum absolute atomic E-state index is 0.0128. The average Bonchev–Trinajstić information content (AvgIpc) is 2.63. The summed E-state index contributed by atoms with van der Waals surface area (Å²) in [4.78, 5) is 8.50. The van der Waals surface area contributed by atoms with Gasteiger partial charge in [0.15, 0.2) is 11.5 Å². The lowest BCUT2D eigenvalue weighted by molar-refractivity contribution is 0.144. The van der Waals surface area contributed by atoms with Gasteiger partial charge in [-0.15, -0.1) is 6.42 Å². The Morgan fingerprint density at radius 3 is 2.88 bits per heavy atom. The maximum Gasteiger partial charge on any atom is 0.163 e. The number of rotatable bonds is 6. The van der Waals surface area contributed by atoms with Gasteiger partial charge in [0.25, 0.3) is 0 Å². The first-order valence-corrected chi connectivity index (χ1v) is 7.64. The average molecular weight is 335 g/mol. The molecule has 2 aromatic carbocycles. The molecule has 3 aromatic rings. The zero-order valence-corrected chi connectivity index (χ0v) is 13.7. The number of hydrogen-bond donors (Lipinski definition) is 2. The van der Waals surface area contributed by atoms with Crippen molar-refractivity contribution < 1.29 is 14.6 Å². The summed E-state index contributed by atoms with van der Waals surface area (Å²) >= 11 is 0. The molecular weight excluding hydrogens is 318 g/mol. The van der Waals surface area contributed by atoms with Crippen LogP contribution in [0.4, 0.5) is 11.5 Å². The van der Waals surface area contributed by atoms with Crippen molar-refractivity contribution in [3.8, 4) is 23.8 Å². The maximum atomic E-state index is 10.2. The van der Waals surface area contributed by atoms with Crippen LogP contribution in [0.1, 0.15) is 5.56 Å². The van der Waals surface area contributed by atoms with Gasteiger partial charge in [-0.3, -0.25) is 0 Å². The maximum absolute atomic E-state index is 10.2. The molecule has 0 bridgehead atoms. The van der Waals surface area contributed by atoms with Gasteiger partial charge in [-0.2, -0.15) is 0 Å². The van der Waals surface area contributed by atoms with Gasteiger partial charge in [0, 0.05) is 29.8 Å². The predicted molar refractivity (Wildman–Crippen MR) is 96.2 cm³/mol. The monoisotopic (exact) mass is 335 g/mol. The number of terminal acetylenes is 1. The molecule has 1 heterocycles. The van der Waals surface area contributed by atoms with E-state index in [0.29, 0.717) is 35.7 Å². The SMILES string of the molecule is C#Cc1cccc(Nc2ncnc3cc(OCCOC)c(O)cc23)c1. The van der Waals surface area contributed by atoms with Crippen LogP contribution < -0.4 is 10.1 Å². The molecule has 6 heteroatoms. The highest BCUT2D eigenvalue weighted by atomic mass is 16.5. The van der Waals surface area contributed by atoms with Crippen molar-refractivity contribution in [2.45, 2.75) is 0 Å². The van der Waals surface area contributed by atoms with E-state index >= 15 is 0 Å². The van der Waals surface area contributed by atoms with Gasteiger partial charge in [-0.1, -0.05) is 12.0 Å². The minimum Gasteiger partial charge on any atom is -0.504 e. The molecule has 0 unspecified atom stereocenters. The zero-order valence-electron chi connectivity index (χ0n) is 13.7. The van der Waals surface area contributed by atoms with E-state index in [2.05, 4.69) is 21.2 Å². The number of nitrogens with one attached hydrogen (secondary N) is 1. The molecule has 6 nitrogen and oxygen atoms in total. The highest BCUT2D eigenvalue weighted by Gasteiger charge is 2.10. The molecule has 0 amide bonds. The molecule has 0 aliphatic heterocycles. The number of ether oxygens (including phenoxy) is 2. The normalized spacial score (nSPS) is 10.4. The molecule has 0 fully saturated rings. The largest absolute Gasteiger partial charge is 0.504 e. The molecular formula is C19H17N3O3. The third-order valence-electron chi connectivity index (χ3n) is 3.55. The number of anilines is 2. The van der Waals surface area contributed by atoms with Gasteiger partial charge < -0.3 is 19.9 Å². The minimum atomic E-state index is 0.0128. The zero-order chi connectivity index (χ0) is 17.6. The molecule has 0 saturated heterocycles. The van der Waals surface area contributed by atoms with Crippen molar-refractivity contribution in [2.24, 2.45) is 0 Å². The standard InChI is InChI=1S/C19H17N3O3/c1-3-13-5-4-6-14(9-13)22-19-15-10-17(23)18(25-8-7-24-2)11-16(15)20-12-21-19/h1,4-6,9-12,23H,7-8H2,2H3,(H,20,21,22). The van der Waals surface area contributed by atoms with Crippen LogP contribution in [0.5, 0.6) is 11.5 Å². The first kappa shape index (κ1) is 16.6. The molecule has 0 atom stereocenters. The van der Waals surface area contributed by atoms with Crippen LogP contribution in [0.2, 0.25) is 0 Å². The molecule has 25 heavy (non-hydrogen) atoms. The highest BCUT2D eigenvalue weighted by Crippen LogP contribution is 2.33. The Morgan fingerprint density at radius 1 is 1.20 bits per heavy atom. The fraction of sp³-hybridized carbons (Fsp3) is 0.158. The smallest absolute Gasteiger partial charge is 0.163 e. The van der Waals surface area contributed by atoms with Crippen LogP contribution >= 0.6 is 0 Å². The Balaban J connectivity index is 1.93. The molecule has 0 aliphatic carbocycles. The van der Waals surface area contributed by atoms with E-state index in [-0.39, 0.29) is 5.75 Å². The van der Waals surface area contributed by atoms with Gasteiger partial charge in [-0.05, 0) is 24.3 Å². The first-order valence-electron chi connectivity index (χ1n) is 7.64. The van der Waals surface area contributed by atoms with Crippen molar-refractivity contribution in [2.75, 3.05) is 25.6 Å². The second-order valence-corrected chi connectivity index (χ2v) is 5.25. The number of aromatic nitrogens is 2. The van der Waals surface area contributed by atoms with Crippen molar-refractivity contribution >= 4 is 22.4 Å². The van der Waals surface area contributed by atoms with E-state index in [1.54, 1.807) is 19.2 Å². The summed E-state index contributed by atoms with van der Waals surface area (Å²) in [6.07, 6.45) is 6.88. The van der Waals surface area contributed by atoms with E-state index in [4.69, 9.17) is 15.9 Å². The molecule has 0 saturated carbocycles. The molecule has 0 radical (unpaired) electrons. The van der Waals surface area contributed by atoms with Gasteiger partial charge in [-0.25, -0.2) is 9.97 Å². The Kier molecular flexibility index (Phi) is 4.97. The molecule has 1 aromatic heterocycles. The summed E-state index contributed by atoms with van der Waals surface area (Å²) < 4.78 is 10.4. The Morgan fingerprint density at radius 2 is 2.08 bits per heavy atom. The molecule has 0 aliphatic rings. The number of fused-ring (bicyclic) bond motifs is 1. The van der Waals surface area contributed by atoms with Crippen LogP contribution in [0.15, 0.2) is 42.7 Å². The fourth-order valence-electron chi connectivity index (χ4n) is 2.35. The lowest BCUT2D eigenvalue weighted by atomic mass is 10.2. The van der Waals surface area contributed by atoms with Gasteiger partial charge in [0.05, 0.1) is 12.1 Å². The van der Waals surface area contributed by atoms with E-state index < -0.39 is 0 Å². The fourth-order valence-corrected chi connectivity index (χ4v) is 2.35. The highest BCUT2D eigenvalue weighted by molar-refractivity contribution is 5.93. The quantitative estimate of drug-likeness (QED) is 0.532. The number of benzene rings is 2. The number of aromatic hydroxyl groups is 1. The Labute approximate surface area is 145 Å². The van der Waals surface area contributed by atoms with E-state index in [9.17, 15) is 5.11 Å². The van der Waals surface area contributed by atoms with Crippen LogP contribution in [0.25, 0.3) is 10.9 Å². The summed E-state index contributed by atoms with van der Waals surface area (Å²) in [6.45, 7) is 0.768. The van der Waals surface area contributed by atoms with Crippen molar-refractivity contribution in [3.63, 3.8) is 0 Å². The number of nitrogens with zero attached hydrogens (tertiary/aromatic N) is 2. The second-order valence-electron chi connectivity index (χ2n) is 5.25. The van der Waals surface area contributed by atoms with Crippen LogP contribution in [0.3, 0.4) is 0 Å². The van der Waals surface area contributed by atoms with Crippen LogP contribution in [-0.2, 0) is 4.74 Å². The third-order valence-corrected chi connectivity index (χ3v) is 3.55. The summed E-state index contributed by atoms with van der Waals surface area (Å²) in [5.41, 5.74) is 2.21. The third kappa shape index (κ3) is 3.79. The number of phenolic OH excluding ortho intramolecular Hbond substituents is 1. The summed E-state index contributed by atoms with van der Waals surface area (Å²) in [6, 6.07) is 10.7. The molecule has 2 N–H and O–H groups in total. The Hall–Kier alpha value is -3.30. The van der Waals surface area contributed by atoms with Crippen molar-refractivity contribution in [3.05, 3.63) is 48.3 Å².